The number of hydrogen-bond acceptors (Lipinski definition) is 3. The van der Waals surface area contributed by atoms with Gasteiger partial charge in [0.1, 0.15) is 5.75 Å². The van der Waals surface area contributed by atoms with Crippen molar-refractivity contribution >= 4 is 33.6 Å². The molecule has 0 atom stereocenters. The molecule has 3 aromatic rings. The number of pyridine rings is 1. The van der Waals surface area contributed by atoms with Crippen LogP contribution in [0.5, 0.6) is 5.75 Å². The van der Waals surface area contributed by atoms with Crippen molar-refractivity contribution in [1.82, 2.24) is 14.8 Å². The molecule has 1 aliphatic carbocycles. The first-order chi connectivity index (χ1) is 11.9. The van der Waals surface area contributed by atoms with Gasteiger partial charge in [-0.3, -0.25) is 0 Å². The summed E-state index contributed by atoms with van der Waals surface area (Å²) in [5.74, 6) is 0.170. The highest BCUT2D eigenvalue weighted by atomic mass is 127. The molecule has 1 fully saturated rings. The first-order valence-corrected chi connectivity index (χ1v) is 8.89. The van der Waals surface area contributed by atoms with Crippen molar-refractivity contribution in [3.8, 4) is 11.4 Å². The zero-order chi connectivity index (χ0) is 17.6. The first-order valence-electron chi connectivity index (χ1n) is 7.82. The Morgan fingerprint density at radius 1 is 1.12 bits per heavy atom. The number of nitrogens with zero attached hydrogens (tertiary/aromatic N) is 3. The highest BCUT2D eigenvalue weighted by Gasteiger charge is 2.31. The molecule has 0 radical (unpaired) electrons. The summed E-state index contributed by atoms with van der Waals surface area (Å²) in [7, 11) is 0. The highest BCUT2D eigenvalue weighted by Crippen LogP contribution is 2.40. The Balaban J connectivity index is 1.77. The maximum absolute atomic E-state index is 12.3. The monoisotopic (exact) mass is 459 g/mol. The summed E-state index contributed by atoms with van der Waals surface area (Å²) >= 11 is 2.27. The van der Waals surface area contributed by atoms with E-state index in [4.69, 9.17) is 5.10 Å². The van der Waals surface area contributed by atoms with E-state index in [-0.39, 0.29) is 5.75 Å². The summed E-state index contributed by atoms with van der Waals surface area (Å²) in [5, 5.41) is 5.76. The van der Waals surface area contributed by atoms with Crippen molar-refractivity contribution in [1.29, 1.82) is 0 Å². The van der Waals surface area contributed by atoms with Gasteiger partial charge in [0.05, 0.1) is 16.8 Å². The quantitative estimate of drug-likeness (QED) is 0.507. The van der Waals surface area contributed by atoms with Crippen LogP contribution in [-0.2, 0) is 0 Å². The van der Waals surface area contributed by atoms with Crippen LogP contribution in [0, 0.1) is 3.57 Å². The molecule has 1 aromatic carbocycles. The lowest BCUT2D eigenvalue weighted by Crippen LogP contribution is -2.17. The third kappa shape index (κ3) is 3.19. The fourth-order valence-corrected chi connectivity index (χ4v) is 3.65. The van der Waals surface area contributed by atoms with E-state index < -0.39 is 6.36 Å². The van der Waals surface area contributed by atoms with E-state index in [9.17, 15) is 13.2 Å². The first kappa shape index (κ1) is 16.6. The third-order valence-corrected chi connectivity index (χ3v) is 5.25. The topological polar surface area (TPSA) is 39.9 Å². The van der Waals surface area contributed by atoms with Gasteiger partial charge in [-0.25, -0.2) is 9.67 Å². The Morgan fingerprint density at radius 2 is 1.84 bits per heavy atom. The number of halogens is 4. The van der Waals surface area contributed by atoms with Crippen LogP contribution in [0.1, 0.15) is 30.9 Å². The second kappa shape index (κ2) is 6.15. The number of alkyl halides is 3. The van der Waals surface area contributed by atoms with Crippen molar-refractivity contribution in [3.05, 3.63) is 45.8 Å². The van der Waals surface area contributed by atoms with Crippen LogP contribution in [0.15, 0.2) is 36.5 Å². The minimum atomic E-state index is -4.70. The molecule has 4 nitrogen and oxygen atoms in total. The number of rotatable bonds is 3. The Bertz CT molecular complexity index is 917. The molecule has 0 unspecified atom stereocenters. The average Bonchev–Trinajstić information content (AvgIpc) is 2.85. The number of fused-ring (bicyclic) bond motifs is 1. The highest BCUT2D eigenvalue weighted by molar-refractivity contribution is 14.1. The van der Waals surface area contributed by atoms with Crippen molar-refractivity contribution in [2.75, 3.05) is 0 Å². The molecule has 8 heteroatoms. The molecular formula is C17H13F3IN3O. The van der Waals surface area contributed by atoms with Crippen LogP contribution < -0.4 is 4.74 Å². The molecule has 2 heterocycles. The van der Waals surface area contributed by atoms with Gasteiger partial charge in [0, 0.05) is 15.7 Å². The SMILES string of the molecule is FC(F)(F)Oc1ccc(-n2nc(C3CCC3)c3c(I)ccnc32)cc1. The molecule has 25 heavy (non-hydrogen) atoms. The molecule has 0 saturated heterocycles. The molecule has 2 aromatic heterocycles. The molecule has 4 rings (SSSR count). The lowest BCUT2D eigenvalue weighted by molar-refractivity contribution is -0.274. The molecule has 0 bridgehead atoms. The van der Waals surface area contributed by atoms with Gasteiger partial charge in [-0.1, -0.05) is 6.42 Å². The molecule has 0 N–H and O–H groups in total. The van der Waals surface area contributed by atoms with Crippen molar-refractivity contribution < 1.29 is 17.9 Å². The van der Waals surface area contributed by atoms with Gasteiger partial charge in [0.2, 0.25) is 0 Å². The Morgan fingerprint density at radius 3 is 2.44 bits per heavy atom. The summed E-state index contributed by atoms with van der Waals surface area (Å²) in [4.78, 5) is 4.45. The standard InChI is InChI=1S/C17H13F3IN3O/c18-17(19,20)25-12-6-4-11(5-7-12)24-16-14(13(21)8-9-22-16)15(23-24)10-2-1-3-10/h4-10H,1-3H2. The van der Waals surface area contributed by atoms with E-state index in [1.165, 1.54) is 18.6 Å². The van der Waals surface area contributed by atoms with E-state index in [1.807, 2.05) is 6.07 Å². The van der Waals surface area contributed by atoms with Gasteiger partial charge in [-0.05, 0) is 65.8 Å². The van der Waals surface area contributed by atoms with Gasteiger partial charge in [0.15, 0.2) is 5.65 Å². The molecular weight excluding hydrogens is 446 g/mol. The van der Waals surface area contributed by atoms with Crippen molar-refractivity contribution in [2.45, 2.75) is 31.5 Å². The summed E-state index contributed by atoms with van der Waals surface area (Å²) in [6.07, 6.45) is 0.424. The van der Waals surface area contributed by atoms with Crippen LogP contribution in [0.2, 0.25) is 0 Å². The number of hydrogen-bond donors (Lipinski definition) is 0. The van der Waals surface area contributed by atoms with Crippen LogP contribution in [0.4, 0.5) is 13.2 Å². The maximum Gasteiger partial charge on any atom is 0.573 e. The minimum Gasteiger partial charge on any atom is -0.406 e. The second-order valence-corrected chi connectivity index (χ2v) is 7.12. The number of ether oxygens (including phenoxy) is 1. The van der Waals surface area contributed by atoms with Crippen LogP contribution in [0.3, 0.4) is 0 Å². The molecule has 1 saturated carbocycles. The largest absolute Gasteiger partial charge is 0.573 e. The normalized spacial score (nSPS) is 15.4. The molecule has 0 spiro atoms. The predicted molar refractivity (Wildman–Crippen MR) is 94.9 cm³/mol. The summed E-state index contributed by atoms with van der Waals surface area (Å²) in [6, 6.07) is 7.62. The Hall–Kier alpha value is -1.84. The Labute approximate surface area is 155 Å². The minimum absolute atomic E-state index is 0.255. The Kier molecular flexibility index (Phi) is 4.09. The molecule has 130 valence electrons. The van der Waals surface area contributed by atoms with E-state index in [2.05, 4.69) is 32.3 Å². The maximum atomic E-state index is 12.3. The average molecular weight is 459 g/mol. The van der Waals surface area contributed by atoms with Crippen LogP contribution >= 0.6 is 22.6 Å². The smallest absolute Gasteiger partial charge is 0.406 e. The van der Waals surface area contributed by atoms with E-state index >= 15 is 0 Å². The van der Waals surface area contributed by atoms with E-state index in [0.717, 1.165) is 33.1 Å². The second-order valence-electron chi connectivity index (χ2n) is 5.96. The van der Waals surface area contributed by atoms with Crippen molar-refractivity contribution in [3.63, 3.8) is 0 Å². The number of aromatic nitrogens is 3. The fourth-order valence-electron chi connectivity index (χ4n) is 2.97. The van der Waals surface area contributed by atoms with Gasteiger partial charge < -0.3 is 4.74 Å². The van der Waals surface area contributed by atoms with Gasteiger partial charge in [-0.2, -0.15) is 5.10 Å². The van der Waals surface area contributed by atoms with Crippen LogP contribution in [0.25, 0.3) is 16.7 Å². The van der Waals surface area contributed by atoms with Gasteiger partial charge >= 0.3 is 6.36 Å². The van der Waals surface area contributed by atoms with Gasteiger partial charge in [-0.15, -0.1) is 13.2 Å². The zero-order valence-corrected chi connectivity index (χ0v) is 15.1. The number of benzene rings is 1. The fraction of sp³-hybridized carbons (Fsp3) is 0.294. The summed E-state index contributed by atoms with van der Waals surface area (Å²) in [6.45, 7) is 0. The summed E-state index contributed by atoms with van der Waals surface area (Å²) in [5.41, 5.74) is 2.40. The zero-order valence-electron chi connectivity index (χ0n) is 12.9. The van der Waals surface area contributed by atoms with Crippen molar-refractivity contribution in [2.24, 2.45) is 0 Å². The van der Waals surface area contributed by atoms with E-state index in [1.54, 1.807) is 23.0 Å². The van der Waals surface area contributed by atoms with Gasteiger partial charge in [0.25, 0.3) is 0 Å². The van der Waals surface area contributed by atoms with Crippen LogP contribution in [-0.4, -0.2) is 21.1 Å². The molecule has 0 aliphatic heterocycles. The third-order valence-electron chi connectivity index (χ3n) is 4.35. The lowest BCUT2D eigenvalue weighted by Gasteiger charge is -2.23. The van der Waals surface area contributed by atoms with E-state index in [0.29, 0.717) is 11.6 Å². The summed E-state index contributed by atoms with van der Waals surface area (Å²) < 4.78 is 43.6. The lowest BCUT2D eigenvalue weighted by atomic mass is 9.82. The molecule has 1 aliphatic rings. The predicted octanol–water partition coefficient (Wildman–Crippen LogP) is 5.19. The molecule has 0 amide bonds.